The van der Waals surface area contributed by atoms with Gasteiger partial charge in [-0.15, -0.1) is 0 Å². The first-order chi connectivity index (χ1) is 18.7. The fourth-order valence-corrected chi connectivity index (χ4v) is 5.25. The van der Waals surface area contributed by atoms with E-state index in [0.29, 0.717) is 18.7 Å². The molecule has 0 aromatic heterocycles. The van der Waals surface area contributed by atoms with E-state index in [1.54, 1.807) is 4.90 Å². The highest BCUT2D eigenvalue weighted by Gasteiger charge is 2.32. The molecule has 2 amide bonds. The molecule has 0 radical (unpaired) electrons. The molecular weight excluding hydrogens is 552 g/mol. The molecule has 39 heavy (non-hydrogen) atoms. The van der Waals surface area contributed by atoms with Gasteiger partial charge >= 0.3 is 0 Å². The lowest BCUT2D eigenvalue weighted by Crippen LogP contribution is -2.53. The molecule has 0 heterocycles. The normalized spacial score (nSPS) is 14.6. The zero-order chi connectivity index (χ0) is 27.8. The number of carbonyl (C=O) groups is 2. The highest BCUT2D eigenvalue weighted by Crippen LogP contribution is 2.25. The van der Waals surface area contributed by atoms with Crippen LogP contribution in [0.2, 0.25) is 0 Å². The van der Waals surface area contributed by atoms with Gasteiger partial charge in [0.1, 0.15) is 11.8 Å². The summed E-state index contributed by atoms with van der Waals surface area (Å²) in [5, 5.41) is 3.24. The Bertz CT molecular complexity index is 1210. The second-order valence-corrected chi connectivity index (χ2v) is 12.3. The molecule has 0 saturated heterocycles. The summed E-state index contributed by atoms with van der Waals surface area (Å²) in [4.78, 5) is 29.2. The topological polar surface area (TPSA) is 58.6 Å². The summed E-state index contributed by atoms with van der Waals surface area (Å²) in [5.74, 6) is 0.307. The van der Waals surface area contributed by atoms with Gasteiger partial charge in [-0.2, -0.15) is 0 Å². The lowest BCUT2D eigenvalue weighted by molar-refractivity contribution is -0.143. The Morgan fingerprint density at radius 2 is 1.56 bits per heavy atom. The summed E-state index contributed by atoms with van der Waals surface area (Å²) in [6, 6.07) is 25.1. The molecule has 0 aliphatic heterocycles. The van der Waals surface area contributed by atoms with E-state index in [4.69, 9.17) is 4.74 Å². The van der Waals surface area contributed by atoms with E-state index in [2.05, 4.69) is 42.0 Å². The minimum Gasteiger partial charge on any atom is -0.484 e. The Hall–Kier alpha value is -3.12. The van der Waals surface area contributed by atoms with Gasteiger partial charge in [0.15, 0.2) is 6.61 Å². The summed E-state index contributed by atoms with van der Waals surface area (Å²) < 4.78 is 6.92. The largest absolute Gasteiger partial charge is 0.484 e. The number of halogens is 1. The van der Waals surface area contributed by atoms with Gasteiger partial charge < -0.3 is 15.0 Å². The molecule has 206 valence electrons. The van der Waals surface area contributed by atoms with Crippen LogP contribution in [0.3, 0.4) is 0 Å². The van der Waals surface area contributed by atoms with Crippen molar-refractivity contribution in [2.45, 2.75) is 76.9 Å². The van der Waals surface area contributed by atoms with Crippen LogP contribution in [0, 0.1) is 0 Å². The number of hydrogen-bond donors (Lipinski definition) is 1. The van der Waals surface area contributed by atoms with Crippen LogP contribution >= 0.6 is 15.9 Å². The number of nitrogens with zero attached hydrogens (tertiary/aromatic N) is 1. The van der Waals surface area contributed by atoms with Crippen molar-refractivity contribution in [3.05, 3.63) is 100 Å². The van der Waals surface area contributed by atoms with Crippen LogP contribution in [0.4, 0.5) is 0 Å². The Morgan fingerprint density at radius 1 is 0.923 bits per heavy atom. The minimum atomic E-state index is -0.656. The van der Waals surface area contributed by atoms with Crippen molar-refractivity contribution in [2.24, 2.45) is 0 Å². The Labute approximate surface area is 241 Å². The van der Waals surface area contributed by atoms with E-state index in [1.165, 1.54) is 5.56 Å². The smallest absolute Gasteiger partial charge is 0.261 e. The zero-order valence-corrected chi connectivity index (χ0v) is 24.7. The number of benzene rings is 3. The second kappa shape index (κ2) is 13.3. The SMILES string of the molecule is CC(C)(C)c1ccc(OCC(=O)N(Cc2ccc(Br)cc2)[C@H](Cc2ccccc2)C(=O)NC2CCCC2)cc1. The first-order valence-corrected chi connectivity index (χ1v) is 14.6. The molecule has 0 spiro atoms. The lowest BCUT2D eigenvalue weighted by atomic mass is 9.87. The fraction of sp³-hybridized carbons (Fsp3) is 0.394. The van der Waals surface area contributed by atoms with Gasteiger partial charge in [0.05, 0.1) is 0 Å². The molecule has 0 bridgehead atoms. The van der Waals surface area contributed by atoms with Crippen molar-refractivity contribution < 1.29 is 14.3 Å². The number of rotatable bonds is 10. The van der Waals surface area contributed by atoms with E-state index in [1.807, 2.05) is 78.9 Å². The maximum absolute atomic E-state index is 13.8. The average molecular weight is 592 g/mol. The van der Waals surface area contributed by atoms with Crippen LogP contribution in [0.15, 0.2) is 83.3 Å². The zero-order valence-electron chi connectivity index (χ0n) is 23.2. The summed E-state index contributed by atoms with van der Waals surface area (Å²) in [6.07, 6.45) is 4.65. The molecule has 3 aromatic carbocycles. The molecule has 4 rings (SSSR count). The predicted octanol–water partition coefficient (Wildman–Crippen LogP) is 6.82. The van der Waals surface area contributed by atoms with Crippen molar-refractivity contribution >= 4 is 27.7 Å². The standard InChI is InChI=1S/C33H39BrN2O3/c1-33(2,3)26-15-19-29(20-16-26)39-23-31(37)36(22-25-13-17-27(34)18-14-25)30(21-24-9-5-4-6-10-24)32(38)35-28-11-7-8-12-28/h4-6,9-10,13-20,28,30H,7-8,11-12,21-23H2,1-3H3,(H,35,38)/t30-/m1/s1. The van der Waals surface area contributed by atoms with Crippen LogP contribution in [-0.4, -0.2) is 35.4 Å². The lowest BCUT2D eigenvalue weighted by Gasteiger charge is -2.32. The Morgan fingerprint density at radius 3 is 2.18 bits per heavy atom. The van der Waals surface area contributed by atoms with E-state index >= 15 is 0 Å². The molecule has 1 aliphatic rings. The number of hydrogen-bond acceptors (Lipinski definition) is 3. The Balaban J connectivity index is 1.58. The van der Waals surface area contributed by atoms with Gasteiger partial charge in [-0.1, -0.05) is 104 Å². The third-order valence-corrected chi connectivity index (χ3v) is 7.85. The molecule has 1 atom stereocenters. The molecule has 1 fully saturated rings. The number of nitrogens with one attached hydrogen (secondary N) is 1. The summed E-state index contributed by atoms with van der Waals surface area (Å²) in [7, 11) is 0. The minimum absolute atomic E-state index is 0.0349. The first kappa shape index (κ1) is 28.9. The highest BCUT2D eigenvalue weighted by atomic mass is 79.9. The van der Waals surface area contributed by atoms with Gasteiger partial charge in [-0.05, 0) is 59.2 Å². The molecule has 6 heteroatoms. The van der Waals surface area contributed by atoms with E-state index in [-0.39, 0.29) is 29.9 Å². The van der Waals surface area contributed by atoms with Crippen molar-refractivity contribution in [1.82, 2.24) is 10.2 Å². The Kier molecular flexibility index (Phi) is 9.84. The maximum atomic E-state index is 13.8. The van der Waals surface area contributed by atoms with Gasteiger partial charge in [-0.25, -0.2) is 0 Å². The van der Waals surface area contributed by atoms with E-state index < -0.39 is 6.04 Å². The highest BCUT2D eigenvalue weighted by molar-refractivity contribution is 9.10. The van der Waals surface area contributed by atoms with Gasteiger partial charge in [0.2, 0.25) is 5.91 Å². The van der Waals surface area contributed by atoms with Crippen LogP contribution in [0.5, 0.6) is 5.75 Å². The van der Waals surface area contributed by atoms with Crippen LogP contribution in [-0.2, 0) is 28.0 Å². The second-order valence-electron chi connectivity index (χ2n) is 11.4. The molecule has 1 aliphatic carbocycles. The third-order valence-electron chi connectivity index (χ3n) is 7.32. The molecule has 3 aromatic rings. The number of carbonyl (C=O) groups excluding carboxylic acids is 2. The average Bonchev–Trinajstić information content (AvgIpc) is 3.43. The van der Waals surface area contributed by atoms with E-state index in [0.717, 1.165) is 41.3 Å². The molecule has 5 nitrogen and oxygen atoms in total. The molecule has 0 unspecified atom stereocenters. The summed E-state index contributed by atoms with van der Waals surface area (Å²) in [5.41, 5.74) is 3.20. The van der Waals surface area contributed by atoms with Crippen molar-refractivity contribution in [3.8, 4) is 5.75 Å². The van der Waals surface area contributed by atoms with Gasteiger partial charge in [0.25, 0.3) is 5.91 Å². The third kappa shape index (κ3) is 8.43. The summed E-state index contributed by atoms with van der Waals surface area (Å²) >= 11 is 3.49. The molecular formula is C33H39BrN2O3. The molecule has 1 saturated carbocycles. The van der Waals surface area contributed by atoms with E-state index in [9.17, 15) is 9.59 Å². The van der Waals surface area contributed by atoms with Gasteiger partial charge in [0, 0.05) is 23.5 Å². The first-order valence-electron chi connectivity index (χ1n) is 13.8. The molecule has 1 N–H and O–H groups in total. The number of amides is 2. The van der Waals surface area contributed by atoms with Crippen LogP contribution in [0.1, 0.15) is 63.1 Å². The predicted molar refractivity (Wildman–Crippen MR) is 160 cm³/mol. The van der Waals surface area contributed by atoms with Gasteiger partial charge in [-0.3, -0.25) is 9.59 Å². The monoisotopic (exact) mass is 590 g/mol. The van der Waals surface area contributed by atoms with Crippen LogP contribution in [0.25, 0.3) is 0 Å². The number of ether oxygens (including phenoxy) is 1. The van der Waals surface area contributed by atoms with Crippen molar-refractivity contribution in [1.29, 1.82) is 0 Å². The fourth-order valence-electron chi connectivity index (χ4n) is 4.99. The van der Waals surface area contributed by atoms with Crippen LogP contribution < -0.4 is 10.1 Å². The van der Waals surface area contributed by atoms with Crippen molar-refractivity contribution in [2.75, 3.05) is 6.61 Å². The maximum Gasteiger partial charge on any atom is 0.261 e. The quantitative estimate of drug-likeness (QED) is 0.282. The summed E-state index contributed by atoms with van der Waals surface area (Å²) in [6.45, 7) is 6.66. The van der Waals surface area contributed by atoms with Crippen molar-refractivity contribution in [3.63, 3.8) is 0 Å².